The van der Waals surface area contributed by atoms with Crippen molar-refractivity contribution in [2.24, 2.45) is 7.05 Å². The molecule has 204 valence electrons. The van der Waals surface area contributed by atoms with Gasteiger partial charge in [0.2, 0.25) is 0 Å². The molecule has 0 saturated carbocycles. The van der Waals surface area contributed by atoms with Gasteiger partial charge in [-0.05, 0) is 36.8 Å². The molecule has 0 aliphatic heterocycles. The Morgan fingerprint density at radius 3 is 2.63 bits per heavy atom. The molecule has 12 nitrogen and oxygen atoms in total. The van der Waals surface area contributed by atoms with E-state index >= 15 is 0 Å². The quantitative estimate of drug-likeness (QED) is 0.289. The monoisotopic (exact) mass is 547 g/mol. The topological polar surface area (TPSA) is 155 Å². The first-order valence-electron chi connectivity index (χ1n) is 12.8. The Kier molecular flexibility index (Phi) is 6.34. The Bertz CT molecular complexity index is 2010. The van der Waals surface area contributed by atoms with Crippen molar-refractivity contribution < 1.29 is 9.59 Å². The fourth-order valence-electron chi connectivity index (χ4n) is 4.88. The molecule has 0 spiro atoms. The summed E-state index contributed by atoms with van der Waals surface area (Å²) in [6.45, 7) is 1.73. The maximum Gasteiger partial charge on any atom is 0.266 e. The van der Waals surface area contributed by atoms with Crippen LogP contribution in [0, 0.1) is 0 Å². The molecular weight excluding hydrogens is 522 g/mol. The number of aromatic nitrogens is 7. The minimum Gasteiger partial charge on any atom is -0.381 e. The zero-order chi connectivity index (χ0) is 28.7. The number of nitrogen functional groups attached to an aromatic ring is 1. The molecule has 41 heavy (non-hydrogen) atoms. The Balaban J connectivity index is 1.45. The fraction of sp³-hybridized carbons (Fsp3) is 0.138. The van der Waals surface area contributed by atoms with Crippen molar-refractivity contribution in [3.63, 3.8) is 0 Å². The smallest absolute Gasteiger partial charge is 0.266 e. The average Bonchev–Trinajstić information content (AvgIpc) is 3.55. The lowest BCUT2D eigenvalue weighted by Gasteiger charge is -2.20. The van der Waals surface area contributed by atoms with E-state index in [1.165, 1.54) is 15.3 Å². The summed E-state index contributed by atoms with van der Waals surface area (Å²) in [5, 5.41) is 11.5. The van der Waals surface area contributed by atoms with E-state index in [0.29, 0.717) is 39.2 Å². The highest BCUT2D eigenvalue weighted by Crippen LogP contribution is 2.23. The van der Waals surface area contributed by atoms with E-state index in [0.717, 1.165) is 0 Å². The Morgan fingerprint density at radius 2 is 1.88 bits per heavy atom. The summed E-state index contributed by atoms with van der Waals surface area (Å²) in [5.74, 6) is -0.335. The third kappa shape index (κ3) is 4.61. The van der Waals surface area contributed by atoms with Crippen LogP contribution >= 0.6 is 0 Å². The number of carbonyl (C=O) groups excluding carboxylic acids is 2. The van der Waals surface area contributed by atoms with Crippen LogP contribution in [0.25, 0.3) is 22.2 Å². The highest BCUT2D eigenvalue weighted by atomic mass is 16.2. The molecule has 2 aromatic carbocycles. The summed E-state index contributed by atoms with van der Waals surface area (Å²) < 4.78 is 4.44. The van der Waals surface area contributed by atoms with Crippen molar-refractivity contribution in [3.8, 4) is 5.69 Å². The van der Waals surface area contributed by atoms with Crippen LogP contribution in [0.1, 0.15) is 45.1 Å². The second-order valence-electron chi connectivity index (χ2n) is 9.60. The zero-order valence-electron chi connectivity index (χ0n) is 22.2. The number of benzene rings is 2. The van der Waals surface area contributed by atoms with E-state index in [1.807, 2.05) is 18.2 Å². The maximum atomic E-state index is 14.2. The van der Waals surface area contributed by atoms with Gasteiger partial charge in [0, 0.05) is 32.1 Å². The summed E-state index contributed by atoms with van der Waals surface area (Å²) in [6.07, 6.45) is 6.34. The van der Waals surface area contributed by atoms with Crippen molar-refractivity contribution in [3.05, 3.63) is 112 Å². The summed E-state index contributed by atoms with van der Waals surface area (Å²) in [6, 6.07) is 15.2. The van der Waals surface area contributed by atoms with Gasteiger partial charge in [0.1, 0.15) is 11.4 Å². The molecule has 6 rings (SSSR count). The molecule has 6 aromatic rings. The minimum absolute atomic E-state index is 0.00138. The maximum absolute atomic E-state index is 14.2. The number of amides is 1. The molecule has 0 aliphatic rings. The molecule has 0 saturated heterocycles. The van der Waals surface area contributed by atoms with Crippen molar-refractivity contribution in [1.29, 1.82) is 0 Å². The van der Waals surface area contributed by atoms with Gasteiger partial charge in [-0.15, -0.1) is 5.10 Å². The Morgan fingerprint density at radius 1 is 1.07 bits per heavy atom. The number of fused-ring (bicyclic) bond motifs is 2. The molecule has 4 aromatic heterocycles. The van der Waals surface area contributed by atoms with Gasteiger partial charge in [-0.25, -0.2) is 14.5 Å². The van der Waals surface area contributed by atoms with E-state index < -0.39 is 11.9 Å². The van der Waals surface area contributed by atoms with Crippen molar-refractivity contribution >= 4 is 34.1 Å². The van der Waals surface area contributed by atoms with Gasteiger partial charge in [-0.2, -0.15) is 5.10 Å². The van der Waals surface area contributed by atoms with Crippen LogP contribution in [0.4, 0.5) is 5.82 Å². The first-order chi connectivity index (χ1) is 19.8. The second-order valence-corrected chi connectivity index (χ2v) is 9.60. The van der Waals surface area contributed by atoms with Crippen LogP contribution in [-0.4, -0.2) is 45.6 Å². The fourth-order valence-corrected chi connectivity index (χ4v) is 4.88. The number of rotatable bonds is 7. The highest BCUT2D eigenvalue weighted by molar-refractivity contribution is 6.04. The summed E-state index contributed by atoms with van der Waals surface area (Å²) >= 11 is 0. The first kappa shape index (κ1) is 25.6. The van der Waals surface area contributed by atoms with Gasteiger partial charge in [0.05, 0.1) is 34.4 Å². The standard InChI is InChI=1S/C29H25N9O3/c1-17(33-28(40)24-25(30)35-37-13-7-12-31-27(24)37)26-34-21-11-6-8-18(14-22(39)19-15-32-36(2)16-19)23(21)29(41)38(26)20-9-4-3-5-10-20/h3-13,15-17H,14H2,1-2H3,(H2,30,35)(H,33,40). The van der Waals surface area contributed by atoms with Gasteiger partial charge < -0.3 is 11.1 Å². The number of ketones is 1. The zero-order valence-corrected chi connectivity index (χ0v) is 22.2. The summed E-state index contributed by atoms with van der Waals surface area (Å²) in [7, 11) is 1.74. The third-order valence-corrected chi connectivity index (χ3v) is 6.79. The van der Waals surface area contributed by atoms with E-state index in [1.54, 1.807) is 73.6 Å². The largest absolute Gasteiger partial charge is 0.381 e. The van der Waals surface area contributed by atoms with Gasteiger partial charge in [0.25, 0.3) is 11.5 Å². The summed E-state index contributed by atoms with van der Waals surface area (Å²) in [4.78, 5) is 49.6. The second kappa shape index (κ2) is 10.2. The lowest BCUT2D eigenvalue weighted by Crippen LogP contribution is -2.33. The van der Waals surface area contributed by atoms with Crippen LogP contribution < -0.4 is 16.6 Å². The van der Waals surface area contributed by atoms with Crippen LogP contribution in [0.15, 0.2) is 84.2 Å². The number of carbonyl (C=O) groups is 2. The normalized spacial score (nSPS) is 12.0. The molecule has 4 heterocycles. The van der Waals surface area contributed by atoms with E-state index in [4.69, 9.17) is 10.7 Å². The van der Waals surface area contributed by atoms with E-state index in [2.05, 4.69) is 20.5 Å². The molecule has 1 amide bonds. The molecule has 0 radical (unpaired) electrons. The van der Waals surface area contributed by atoms with Crippen LogP contribution in [0.3, 0.4) is 0 Å². The number of anilines is 1. The molecule has 0 bridgehead atoms. The van der Waals surface area contributed by atoms with E-state index in [-0.39, 0.29) is 29.1 Å². The lowest BCUT2D eigenvalue weighted by molar-refractivity contribution is 0.0938. The molecule has 0 fully saturated rings. The average molecular weight is 548 g/mol. The number of para-hydroxylation sites is 1. The molecule has 1 atom stereocenters. The van der Waals surface area contributed by atoms with Gasteiger partial charge >= 0.3 is 0 Å². The third-order valence-electron chi connectivity index (χ3n) is 6.79. The predicted octanol–water partition coefficient (Wildman–Crippen LogP) is 2.66. The number of hydrogen-bond acceptors (Lipinski definition) is 8. The predicted molar refractivity (Wildman–Crippen MR) is 152 cm³/mol. The Labute approximate surface area is 233 Å². The van der Waals surface area contributed by atoms with Crippen molar-refractivity contribution in [2.75, 3.05) is 5.73 Å². The van der Waals surface area contributed by atoms with Gasteiger partial charge in [-0.1, -0.05) is 30.3 Å². The lowest BCUT2D eigenvalue weighted by atomic mass is 10.0. The molecular formula is C29H25N9O3. The van der Waals surface area contributed by atoms with Crippen molar-refractivity contribution in [2.45, 2.75) is 19.4 Å². The highest BCUT2D eigenvalue weighted by Gasteiger charge is 2.25. The number of Topliss-reactive ketones (excluding diaryl/α,β-unsaturated/α-hetero) is 1. The van der Waals surface area contributed by atoms with Gasteiger partial charge in [0.15, 0.2) is 17.2 Å². The Hall–Kier alpha value is -5.65. The van der Waals surface area contributed by atoms with E-state index in [9.17, 15) is 14.4 Å². The number of hydrogen-bond donors (Lipinski definition) is 2. The number of nitrogens with two attached hydrogens (primary N) is 1. The minimum atomic E-state index is -0.724. The number of aryl methyl sites for hydroxylation is 1. The van der Waals surface area contributed by atoms with Crippen LogP contribution in [0.2, 0.25) is 0 Å². The number of nitrogens with one attached hydrogen (secondary N) is 1. The van der Waals surface area contributed by atoms with Crippen LogP contribution in [-0.2, 0) is 13.5 Å². The molecule has 0 aliphatic carbocycles. The number of nitrogens with zero attached hydrogens (tertiary/aromatic N) is 7. The first-order valence-corrected chi connectivity index (χ1v) is 12.8. The molecule has 3 N–H and O–H groups in total. The molecule has 12 heteroatoms. The van der Waals surface area contributed by atoms with Crippen LogP contribution in [0.5, 0.6) is 0 Å². The van der Waals surface area contributed by atoms with Crippen molar-refractivity contribution in [1.82, 2.24) is 39.2 Å². The molecule has 1 unspecified atom stereocenters. The van der Waals surface area contributed by atoms with Gasteiger partial charge in [-0.3, -0.25) is 23.6 Å². The SMILES string of the molecule is CC(NC(=O)c1c(N)nn2cccnc12)c1nc2cccc(CC(=O)c3cnn(C)c3)c2c(=O)n1-c1ccccc1. The summed E-state index contributed by atoms with van der Waals surface area (Å²) in [5.41, 5.74) is 8.11.